The van der Waals surface area contributed by atoms with Gasteiger partial charge in [-0.3, -0.25) is 0 Å². The van der Waals surface area contributed by atoms with E-state index in [-0.39, 0.29) is 6.61 Å². The highest BCUT2D eigenvalue weighted by Crippen LogP contribution is 2.22. The van der Waals surface area contributed by atoms with Crippen molar-refractivity contribution in [1.82, 2.24) is 0 Å². The summed E-state index contributed by atoms with van der Waals surface area (Å²) in [6.07, 6.45) is 0.746. The predicted molar refractivity (Wildman–Crippen MR) is 52.0 cm³/mol. The average Bonchev–Trinajstić information content (AvgIpc) is 2.18. The van der Waals surface area contributed by atoms with Gasteiger partial charge in [-0.05, 0) is 24.6 Å². The number of carbonyl (C=O) groups is 1. The second-order valence-electron chi connectivity index (χ2n) is 3.20. The largest absolute Gasteiger partial charge is 0.395 e. The van der Waals surface area contributed by atoms with Crippen molar-refractivity contribution in [3.8, 4) is 0 Å². The molecule has 13 heavy (non-hydrogen) atoms. The quantitative estimate of drug-likeness (QED) is 0.752. The Balaban J connectivity index is 3.06. The zero-order valence-corrected chi connectivity index (χ0v) is 8.08. The summed E-state index contributed by atoms with van der Waals surface area (Å²) in [5.41, 5.74) is -0.0423. The Bertz CT molecular complexity index is 294. The van der Waals surface area contributed by atoms with Crippen LogP contribution in [0.1, 0.15) is 12.5 Å². The summed E-state index contributed by atoms with van der Waals surface area (Å²) in [5, 5.41) is 9.66. The zero-order valence-electron chi connectivity index (χ0n) is 7.33. The molecule has 1 aromatic carbocycles. The summed E-state index contributed by atoms with van der Waals surface area (Å²) in [6.45, 7) is 1.49. The number of aldehydes is 1. The van der Waals surface area contributed by atoms with Gasteiger partial charge in [-0.25, -0.2) is 0 Å². The lowest BCUT2D eigenvalue weighted by molar-refractivity contribution is -0.113. The van der Waals surface area contributed by atoms with E-state index < -0.39 is 5.41 Å². The van der Waals surface area contributed by atoms with Gasteiger partial charge in [0.05, 0.1) is 12.0 Å². The van der Waals surface area contributed by atoms with Crippen LogP contribution in [0.3, 0.4) is 0 Å². The molecule has 0 aromatic heterocycles. The molecule has 0 aliphatic carbocycles. The lowest BCUT2D eigenvalue weighted by atomic mass is 9.85. The van der Waals surface area contributed by atoms with Crippen LogP contribution in [0.5, 0.6) is 0 Å². The van der Waals surface area contributed by atoms with Crippen LogP contribution in [0, 0.1) is 0 Å². The Labute approximate surface area is 82.2 Å². The summed E-state index contributed by atoms with van der Waals surface area (Å²) in [6, 6.07) is 6.89. The zero-order chi connectivity index (χ0) is 9.90. The molecular formula is C10H11ClO2. The second-order valence-corrected chi connectivity index (χ2v) is 3.64. The highest BCUT2D eigenvalue weighted by atomic mass is 35.5. The van der Waals surface area contributed by atoms with Gasteiger partial charge in [0.2, 0.25) is 0 Å². The van der Waals surface area contributed by atoms with Crippen LogP contribution in [-0.4, -0.2) is 18.0 Å². The summed E-state index contributed by atoms with van der Waals surface area (Å²) in [4.78, 5) is 10.8. The molecule has 0 bridgehead atoms. The molecule has 3 heteroatoms. The maximum Gasteiger partial charge on any atom is 0.132 e. The summed E-state index contributed by atoms with van der Waals surface area (Å²) in [5.74, 6) is 0. The van der Waals surface area contributed by atoms with Crippen molar-refractivity contribution in [3.05, 3.63) is 34.9 Å². The van der Waals surface area contributed by atoms with E-state index in [1.54, 1.807) is 31.2 Å². The molecule has 1 unspecified atom stereocenters. The van der Waals surface area contributed by atoms with E-state index in [1.807, 2.05) is 0 Å². The Kier molecular flexibility index (Phi) is 3.07. The summed E-state index contributed by atoms with van der Waals surface area (Å²) < 4.78 is 0. The van der Waals surface area contributed by atoms with Gasteiger partial charge in [-0.1, -0.05) is 23.7 Å². The fraction of sp³-hybridized carbons (Fsp3) is 0.300. The second kappa shape index (κ2) is 3.90. The molecule has 0 spiro atoms. The molecule has 1 rings (SSSR count). The van der Waals surface area contributed by atoms with E-state index in [2.05, 4.69) is 0 Å². The minimum Gasteiger partial charge on any atom is -0.395 e. The van der Waals surface area contributed by atoms with Crippen molar-refractivity contribution >= 4 is 17.9 Å². The van der Waals surface area contributed by atoms with Crippen LogP contribution < -0.4 is 0 Å². The number of aliphatic hydroxyl groups is 1. The van der Waals surface area contributed by atoms with Gasteiger partial charge in [0, 0.05) is 5.02 Å². The van der Waals surface area contributed by atoms with Gasteiger partial charge in [0.1, 0.15) is 6.29 Å². The molecule has 0 fully saturated rings. The molecule has 0 aliphatic rings. The molecule has 0 saturated carbocycles. The van der Waals surface area contributed by atoms with Gasteiger partial charge in [0.15, 0.2) is 0 Å². The Morgan fingerprint density at radius 3 is 2.38 bits per heavy atom. The monoisotopic (exact) mass is 198 g/mol. The lowest BCUT2D eigenvalue weighted by Gasteiger charge is -2.20. The first-order valence-corrected chi connectivity index (χ1v) is 4.33. The third kappa shape index (κ3) is 2.08. The van der Waals surface area contributed by atoms with Gasteiger partial charge < -0.3 is 9.90 Å². The first-order valence-electron chi connectivity index (χ1n) is 3.95. The molecule has 0 saturated heterocycles. The standard InChI is InChI=1S/C10H11ClO2/c1-10(6-12,7-13)8-2-4-9(11)5-3-8/h2-6,13H,7H2,1H3. The Morgan fingerprint density at radius 1 is 1.46 bits per heavy atom. The number of hydrogen-bond acceptors (Lipinski definition) is 2. The van der Waals surface area contributed by atoms with Crippen LogP contribution in [0.2, 0.25) is 5.02 Å². The first-order chi connectivity index (χ1) is 6.12. The fourth-order valence-corrected chi connectivity index (χ4v) is 1.15. The molecule has 0 aliphatic heterocycles. The molecule has 2 nitrogen and oxygen atoms in total. The third-order valence-corrected chi connectivity index (χ3v) is 2.34. The van der Waals surface area contributed by atoms with Crippen molar-refractivity contribution in [2.75, 3.05) is 6.61 Å². The summed E-state index contributed by atoms with van der Waals surface area (Å²) in [7, 11) is 0. The van der Waals surface area contributed by atoms with Crippen molar-refractivity contribution in [3.63, 3.8) is 0 Å². The Hall–Kier alpha value is -0.860. The van der Waals surface area contributed by atoms with Crippen LogP contribution in [0.4, 0.5) is 0 Å². The third-order valence-electron chi connectivity index (χ3n) is 2.09. The summed E-state index contributed by atoms with van der Waals surface area (Å²) >= 11 is 5.70. The molecular weight excluding hydrogens is 188 g/mol. The predicted octanol–water partition coefficient (Wildman–Crippen LogP) is 1.79. The van der Waals surface area contributed by atoms with E-state index in [0.717, 1.165) is 11.8 Å². The molecule has 1 N–H and O–H groups in total. The number of aliphatic hydroxyl groups excluding tert-OH is 1. The van der Waals surface area contributed by atoms with E-state index in [0.29, 0.717) is 5.02 Å². The number of carbonyl (C=O) groups excluding carboxylic acids is 1. The van der Waals surface area contributed by atoms with E-state index in [9.17, 15) is 4.79 Å². The van der Waals surface area contributed by atoms with Gasteiger partial charge in [-0.2, -0.15) is 0 Å². The minimum absolute atomic E-state index is 0.196. The lowest BCUT2D eigenvalue weighted by Crippen LogP contribution is -2.28. The van der Waals surface area contributed by atoms with Crippen LogP contribution in [-0.2, 0) is 10.2 Å². The number of rotatable bonds is 3. The molecule has 1 aromatic rings. The van der Waals surface area contributed by atoms with Gasteiger partial charge >= 0.3 is 0 Å². The van der Waals surface area contributed by atoms with Crippen LogP contribution >= 0.6 is 11.6 Å². The maximum atomic E-state index is 10.8. The fourth-order valence-electron chi connectivity index (χ4n) is 1.03. The highest BCUT2D eigenvalue weighted by molar-refractivity contribution is 6.30. The number of hydrogen-bond donors (Lipinski definition) is 1. The van der Waals surface area contributed by atoms with Crippen LogP contribution in [0.25, 0.3) is 0 Å². The Morgan fingerprint density at radius 2 is 2.00 bits per heavy atom. The van der Waals surface area contributed by atoms with E-state index in [4.69, 9.17) is 16.7 Å². The van der Waals surface area contributed by atoms with Crippen molar-refractivity contribution in [2.45, 2.75) is 12.3 Å². The maximum absolute atomic E-state index is 10.8. The van der Waals surface area contributed by atoms with Gasteiger partial charge in [-0.15, -0.1) is 0 Å². The molecule has 0 amide bonds. The van der Waals surface area contributed by atoms with Crippen molar-refractivity contribution < 1.29 is 9.90 Å². The number of halogens is 1. The molecule has 0 radical (unpaired) electrons. The van der Waals surface area contributed by atoms with E-state index >= 15 is 0 Å². The number of benzene rings is 1. The minimum atomic E-state index is -0.815. The smallest absolute Gasteiger partial charge is 0.132 e. The van der Waals surface area contributed by atoms with Gasteiger partial charge in [0.25, 0.3) is 0 Å². The molecule has 1 atom stereocenters. The SMILES string of the molecule is CC(C=O)(CO)c1ccc(Cl)cc1. The van der Waals surface area contributed by atoms with Crippen molar-refractivity contribution in [2.24, 2.45) is 0 Å². The highest BCUT2D eigenvalue weighted by Gasteiger charge is 2.24. The van der Waals surface area contributed by atoms with E-state index in [1.165, 1.54) is 0 Å². The van der Waals surface area contributed by atoms with Crippen LogP contribution in [0.15, 0.2) is 24.3 Å². The molecule has 0 heterocycles. The topological polar surface area (TPSA) is 37.3 Å². The first kappa shape index (κ1) is 10.2. The van der Waals surface area contributed by atoms with Crippen molar-refractivity contribution in [1.29, 1.82) is 0 Å². The molecule has 70 valence electrons. The normalized spacial score (nSPS) is 15.0. The average molecular weight is 199 g/mol.